The number of carbonyl (C=O) groups excluding carboxylic acids is 1. The van der Waals surface area contributed by atoms with Gasteiger partial charge < -0.3 is 14.8 Å². The first kappa shape index (κ1) is 20.0. The molecular formula is C23H27ClN2O3. The van der Waals surface area contributed by atoms with E-state index in [2.05, 4.69) is 22.3 Å². The van der Waals surface area contributed by atoms with Gasteiger partial charge in [-0.05, 0) is 53.6 Å². The molecule has 1 saturated carbocycles. The fraction of sp³-hybridized carbons (Fsp3) is 0.435. The number of ether oxygens (including phenoxy) is 2. The molecule has 5 nitrogen and oxygen atoms in total. The Morgan fingerprint density at radius 2 is 1.90 bits per heavy atom. The maximum absolute atomic E-state index is 12.5. The van der Waals surface area contributed by atoms with Gasteiger partial charge in [0.15, 0.2) is 11.5 Å². The zero-order valence-corrected chi connectivity index (χ0v) is 17.7. The normalized spacial score (nSPS) is 20.7. The molecule has 1 amide bonds. The van der Waals surface area contributed by atoms with Crippen LogP contribution in [0.15, 0.2) is 36.4 Å². The van der Waals surface area contributed by atoms with E-state index < -0.39 is 0 Å². The molecule has 0 saturated heterocycles. The summed E-state index contributed by atoms with van der Waals surface area (Å²) in [6.45, 7) is 3.33. The third kappa shape index (κ3) is 4.36. The van der Waals surface area contributed by atoms with Crippen molar-refractivity contribution >= 4 is 17.5 Å². The number of hydrogen-bond donors (Lipinski definition) is 1. The van der Waals surface area contributed by atoms with Gasteiger partial charge >= 0.3 is 0 Å². The van der Waals surface area contributed by atoms with E-state index in [1.165, 1.54) is 11.1 Å². The first-order chi connectivity index (χ1) is 14.1. The molecule has 1 N–H and O–H groups in total. The average Bonchev–Trinajstić information content (AvgIpc) is 3.53. The van der Waals surface area contributed by atoms with Crippen LogP contribution >= 0.6 is 11.6 Å². The van der Waals surface area contributed by atoms with Crippen molar-refractivity contribution in [2.75, 3.05) is 33.9 Å². The van der Waals surface area contributed by atoms with Gasteiger partial charge in [-0.2, -0.15) is 0 Å². The molecule has 2 aromatic carbocycles. The van der Waals surface area contributed by atoms with Crippen molar-refractivity contribution in [2.45, 2.75) is 25.3 Å². The predicted molar refractivity (Wildman–Crippen MR) is 114 cm³/mol. The summed E-state index contributed by atoms with van der Waals surface area (Å²) in [5.74, 6) is 1.99. The van der Waals surface area contributed by atoms with Crippen LogP contribution in [-0.4, -0.2) is 44.7 Å². The van der Waals surface area contributed by atoms with E-state index in [1.807, 2.05) is 24.3 Å². The maximum atomic E-state index is 12.5. The van der Waals surface area contributed by atoms with Crippen molar-refractivity contribution in [1.82, 2.24) is 10.2 Å². The third-order valence-corrected chi connectivity index (χ3v) is 6.30. The summed E-state index contributed by atoms with van der Waals surface area (Å²) in [5, 5.41) is 3.86. The molecule has 0 bridgehead atoms. The number of fused-ring (bicyclic) bond motifs is 1. The van der Waals surface area contributed by atoms with Crippen LogP contribution in [0.3, 0.4) is 0 Å². The zero-order valence-electron chi connectivity index (χ0n) is 16.9. The van der Waals surface area contributed by atoms with E-state index in [1.54, 1.807) is 14.2 Å². The quantitative estimate of drug-likeness (QED) is 0.751. The Labute approximate surface area is 176 Å². The number of carbonyl (C=O) groups is 1. The van der Waals surface area contributed by atoms with Crippen LogP contribution in [-0.2, 0) is 17.8 Å². The van der Waals surface area contributed by atoms with Gasteiger partial charge in [-0.1, -0.05) is 29.8 Å². The van der Waals surface area contributed by atoms with Crippen LogP contribution in [0.4, 0.5) is 0 Å². The van der Waals surface area contributed by atoms with Crippen LogP contribution in [0.25, 0.3) is 0 Å². The predicted octanol–water partition coefficient (Wildman–Crippen LogP) is 3.64. The molecule has 1 aliphatic heterocycles. The van der Waals surface area contributed by atoms with Gasteiger partial charge in [-0.15, -0.1) is 0 Å². The smallest absolute Gasteiger partial charge is 0.223 e. The lowest BCUT2D eigenvalue weighted by atomic mass is 9.99. The summed E-state index contributed by atoms with van der Waals surface area (Å²) in [4.78, 5) is 14.9. The fourth-order valence-corrected chi connectivity index (χ4v) is 4.48. The largest absolute Gasteiger partial charge is 0.493 e. The lowest BCUT2D eigenvalue weighted by Gasteiger charge is -2.29. The van der Waals surface area contributed by atoms with Crippen LogP contribution in [0.2, 0.25) is 5.02 Å². The van der Waals surface area contributed by atoms with E-state index in [0.29, 0.717) is 6.54 Å². The Morgan fingerprint density at radius 3 is 2.62 bits per heavy atom. The van der Waals surface area contributed by atoms with Crippen molar-refractivity contribution in [3.8, 4) is 11.5 Å². The van der Waals surface area contributed by atoms with Gasteiger partial charge in [-0.25, -0.2) is 0 Å². The van der Waals surface area contributed by atoms with Crippen LogP contribution in [0, 0.1) is 5.92 Å². The highest BCUT2D eigenvalue weighted by atomic mass is 35.5. The highest BCUT2D eigenvalue weighted by molar-refractivity contribution is 6.31. The van der Waals surface area contributed by atoms with E-state index in [0.717, 1.165) is 54.6 Å². The van der Waals surface area contributed by atoms with E-state index in [-0.39, 0.29) is 17.7 Å². The molecule has 2 aromatic rings. The lowest BCUT2D eigenvalue weighted by Crippen LogP contribution is -2.38. The number of amides is 1. The Balaban J connectivity index is 1.27. The molecule has 2 unspecified atom stereocenters. The molecule has 29 heavy (non-hydrogen) atoms. The number of benzene rings is 2. The maximum Gasteiger partial charge on any atom is 0.223 e. The zero-order chi connectivity index (χ0) is 20.4. The van der Waals surface area contributed by atoms with Crippen LogP contribution in [0.1, 0.15) is 29.0 Å². The van der Waals surface area contributed by atoms with Crippen LogP contribution in [0.5, 0.6) is 11.5 Å². The molecule has 2 atom stereocenters. The molecule has 0 radical (unpaired) electrons. The van der Waals surface area contributed by atoms with Gasteiger partial charge in [-0.3, -0.25) is 9.69 Å². The van der Waals surface area contributed by atoms with Gasteiger partial charge in [0.1, 0.15) is 0 Å². The monoisotopic (exact) mass is 414 g/mol. The summed E-state index contributed by atoms with van der Waals surface area (Å²) < 4.78 is 10.8. The second kappa shape index (κ2) is 8.64. The molecular weight excluding hydrogens is 388 g/mol. The minimum Gasteiger partial charge on any atom is -0.493 e. The summed E-state index contributed by atoms with van der Waals surface area (Å²) in [6, 6.07) is 12.0. The molecule has 2 aliphatic rings. The molecule has 154 valence electrons. The molecule has 4 rings (SSSR count). The van der Waals surface area contributed by atoms with Crippen molar-refractivity contribution < 1.29 is 14.3 Å². The van der Waals surface area contributed by atoms with E-state index in [4.69, 9.17) is 21.1 Å². The SMILES string of the molecule is COc1cc2c(cc1OC)CN(CCNC(=O)C1CC1c1ccccc1Cl)CC2. The highest BCUT2D eigenvalue weighted by Gasteiger charge is 2.44. The van der Waals surface area contributed by atoms with E-state index in [9.17, 15) is 4.79 Å². The van der Waals surface area contributed by atoms with Gasteiger partial charge in [0, 0.05) is 37.1 Å². The lowest BCUT2D eigenvalue weighted by molar-refractivity contribution is -0.122. The Kier molecular flexibility index (Phi) is 5.97. The minimum atomic E-state index is 0.0497. The Bertz CT molecular complexity index is 902. The third-order valence-electron chi connectivity index (χ3n) is 5.96. The molecule has 1 fully saturated rings. The van der Waals surface area contributed by atoms with Crippen molar-refractivity contribution in [2.24, 2.45) is 5.92 Å². The molecule has 1 heterocycles. The average molecular weight is 415 g/mol. The molecule has 6 heteroatoms. The number of nitrogens with one attached hydrogen (secondary N) is 1. The summed E-state index contributed by atoms with van der Waals surface area (Å²) in [7, 11) is 3.33. The van der Waals surface area contributed by atoms with E-state index >= 15 is 0 Å². The molecule has 0 aromatic heterocycles. The van der Waals surface area contributed by atoms with Gasteiger partial charge in [0.05, 0.1) is 14.2 Å². The van der Waals surface area contributed by atoms with Gasteiger partial charge in [0.25, 0.3) is 0 Å². The second-order valence-corrected chi connectivity index (χ2v) is 8.17. The van der Waals surface area contributed by atoms with Gasteiger partial charge in [0.2, 0.25) is 5.91 Å². The highest BCUT2D eigenvalue weighted by Crippen LogP contribution is 2.49. The van der Waals surface area contributed by atoms with Crippen LogP contribution < -0.4 is 14.8 Å². The first-order valence-corrected chi connectivity index (χ1v) is 10.5. The standard InChI is InChI=1S/C23H27ClN2O3/c1-28-21-11-15-7-9-26(14-16(15)12-22(21)29-2)10-8-25-23(27)19-13-18(19)17-5-3-4-6-20(17)24/h3-6,11-12,18-19H,7-10,13-14H2,1-2H3,(H,25,27). The second-order valence-electron chi connectivity index (χ2n) is 7.76. The number of rotatable bonds is 7. The first-order valence-electron chi connectivity index (χ1n) is 10.1. The summed E-state index contributed by atoms with van der Waals surface area (Å²) >= 11 is 6.26. The minimum absolute atomic E-state index is 0.0497. The number of methoxy groups -OCH3 is 2. The van der Waals surface area contributed by atoms with Crippen molar-refractivity contribution in [3.05, 3.63) is 58.1 Å². The summed E-state index contributed by atoms with van der Waals surface area (Å²) in [6.07, 6.45) is 1.86. The van der Waals surface area contributed by atoms with Crippen molar-refractivity contribution in [1.29, 1.82) is 0 Å². The number of halogens is 1. The topological polar surface area (TPSA) is 50.8 Å². The van der Waals surface area contributed by atoms with Crippen molar-refractivity contribution in [3.63, 3.8) is 0 Å². The molecule has 1 aliphatic carbocycles. The Hall–Kier alpha value is -2.24. The fourth-order valence-electron chi connectivity index (χ4n) is 4.21. The Morgan fingerprint density at radius 1 is 1.17 bits per heavy atom. The number of nitrogens with zero attached hydrogens (tertiary/aromatic N) is 1. The summed E-state index contributed by atoms with van der Waals surface area (Å²) in [5.41, 5.74) is 3.66. The number of hydrogen-bond acceptors (Lipinski definition) is 4. The molecule has 0 spiro atoms.